The summed E-state index contributed by atoms with van der Waals surface area (Å²) in [5.74, 6) is -0.764. The van der Waals surface area contributed by atoms with E-state index < -0.39 is 65.4 Å². The Morgan fingerprint density at radius 2 is 1.18 bits per heavy atom. The third-order valence-corrected chi connectivity index (χ3v) is 10.6. The van der Waals surface area contributed by atoms with Crippen molar-refractivity contribution in [2.75, 3.05) is 0 Å². The average Bonchev–Trinajstić information content (AvgIpc) is 3.08. The highest BCUT2D eigenvalue weighted by Gasteiger charge is 2.51. The third kappa shape index (κ3) is 6.58. The molecule has 0 unspecified atom stereocenters. The first-order valence-electron chi connectivity index (χ1n) is 12.2. The van der Waals surface area contributed by atoms with Gasteiger partial charge in [-0.15, -0.1) is 0 Å². The number of nitrogens with zero attached hydrogens (tertiary/aromatic N) is 1. The number of halogens is 6. The number of nitrogens with one attached hydrogen (secondary N) is 1. The quantitative estimate of drug-likeness (QED) is 0.381. The van der Waals surface area contributed by atoms with E-state index in [-0.39, 0.29) is 34.9 Å². The molecule has 1 amide bonds. The number of benzene rings is 2. The number of sulfonamides is 2. The van der Waals surface area contributed by atoms with Crippen LogP contribution in [0.2, 0.25) is 0 Å². The number of alkyl halides is 6. The van der Waals surface area contributed by atoms with Gasteiger partial charge in [-0.05, 0) is 63.1 Å². The van der Waals surface area contributed by atoms with Gasteiger partial charge in [-0.2, -0.15) is 31.1 Å². The van der Waals surface area contributed by atoms with Gasteiger partial charge in [0, 0.05) is 12.6 Å². The minimum absolute atomic E-state index is 0. The van der Waals surface area contributed by atoms with Crippen molar-refractivity contribution in [3.05, 3.63) is 82.2 Å². The SMILES string of the molecule is C.CC(=O)N1C(C)(C)C(N)=C(c2cccc(C(F)(F)F)c2)S1(=O)=O.CC1(C)NS(=O)(=O)C(c2cccc(C(F)(F)F)c2)=C1N. The van der Waals surface area contributed by atoms with Gasteiger partial charge in [0.25, 0.3) is 10.0 Å². The molecule has 0 aromatic heterocycles. The van der Waals surface area contributed by atoms with Crippen LogP contribution in [0, 0.1) is 0 Å². The van der Waals surface area contributed by atoms with Gasteiger partial charge in [-0.25, -0.2) is 21.1 Å². The maximum Gasteiger partial charge on any atom is 0.416 e. The number of carbonyl (C=O) groups is 1. The molecule has 0 atom stereocenters. The Morgan fingerprint density at radius 1 is 0.773 bits per heavy atom. The summed E-state index contributed by atoms with van der Waals surface area (Å²) in [5, 5.41) is 0. The first kappa shape index (κ1) is 36.6. The fraction of sp³-hybridized carbons (Fsp3) is 0.370. The Labute approximate surface area is 251 Å². The van der Waals surface area contributed by atoms with Crippen molar-refractivity contribution in [1.29, 1.82) is 0 Å². The molecule has 0 saturated carbocycles. The molecule has 0 saturated heterocycles. The van der Waals surface area contributed by atoms with Gasteiger partial charge in [0.05, 0.1) is 27.9 Å². The van der Waals surface area contributed by atoms with Crippen LogP contribution in [-0.2, 0) is 37.2 Å². The first-order chi connectivity index (χ1) is 19.3. The zero-order valence-corrected chi connectivity index (χ0v) is 25.0. The number of hydrogen-bond donors (Lipinski definition) is 3. The first-order valence-corrected chi connectivity index (χ1v) is 15.1. The fourth-order valence-electron chi connectivity index (χ4n) is 4.64. The molecule has 4 rings (SSSR count). The highest BCUT2D eigenvalue weighted by molar-refractivity contribution is 7.99. The Bertz CT molecular complexity index is 1760. The van der Waals surface area contributed by atoms with Gasteiger partial charge in [0.1, 0.15) is 9.81 Å². The number of carbonyl (C=O) groups excluding carboxylic acids is 1. The Morgan fingerprint density at radius 3 is 1.50 bits per heavy atom. The molecule has 0 bridgehead atoms. The van der Waals surface area contributed by atoms with E-state index in [4.69, 9.17) is 11.5 Å². The second-order valence-corrected chi connectivity index (χ2v) is 14.1. The van der Waals surface area contributed by atoms with Gasteiger partial charge in [0.15, 0.2) is 0 Å². The van der Waals surface area contributed by atoms with Crippen molar-refractivity contribution >= 4 is 35.8 Å². The van der Waals surface area contributed by atoms with Crippen LogP contribution in [0.1, 0.15) is 64.3 Å². The van der Waals surface area contributed by atoms with Gasteiger partial charge in [-0.3, -0.25) is 4.79 Å². The minimum Gasteiger partial charge on any atom is -0.399 e. The highest BCUT2D eigenvalue weighted by Crippen LogP contribution is 2.44. The zero-order valence-electron chi connectivity index (χ0n) is 23.3. The summed E-state index contributed by atoms with van der Waals surface area (Å²) in [6.45, 7) is 6.98. The lowest BCUT2D eigenvalue weighted by Gasteiger charge is -2.29. The predicted molar refractivity (Wildman–Crippen MR) is 153 cm³/mol. The summed E-state index contributed by atoms with van der Waals surface area (Å²) < 4.78 is 129. The summed E-state index contributed by atoms with van der Waals surface area (Å²) in [6, 6.07) is 7.95. The molecule has 0 fully saturated rings. The van der Waals surface area contributed by atoms with Crippen molar-refractivity contribution in [2.24, 2.45) is 11.5 Å². The van der Waals surface area contributed by atoms with Crippen LogP contribution < -0.4 is 16.2 Å². The average molecular weight is 671 g/mol. The number of amides is 1. The molecular formula is C27H32F6N4O5S2. The normalized spacial score (nSPS) is 20.1. The summed E-state index contributed by atoms with van der Waals surface area (Å²) in [7, 11) is -8.25. The molecule has 2 aromatic rings. The Balaban J connectivity index is 0.000000303. The van der Waals surface area contributed by atoms with Crippen molar-refractivity contribution in [1.82, 2.24) is 9.03 Å². The van der Waals surface area contributed by atoms with Crippen LogP contribution in [0.5, 0.6) is 0 Å². The van der Waals surface area contributed by atoms with Gasteiger partial charge >= 0.3 is 12.4 Å². The van der Waals surface area contributed by atoms with E-state index >= 15 is 0 Å². The van der Waals surface area contributed by atoms with Crippen molar-refractivity contribution < 1.29 is 48.0 Å². The molecule has 17 heteroatoms. The van der Waals surface area contributed by atoms with Gasteiger partial charge in [0.2, 0.25) is 15.9 Å². The van der Waals surface area contributed by atoms with E-state index in [9.17, 15) is 48.0 Å². The summed E-state index contributed by atoms with van der Waals surface area (Å²) in [6.07, 6.45) is -9.17. The topological polar surface area (TPSA) is 153 Å². The van der Waals surface area contributed by atoms with Crippen molar-refractivity contribution in [2.45, 2.75) is 65.5 Å². The summed E-state index contributed by atoms with van der Waals surface area (Å²) >= 11 is 0. The number of nitrogens with two attached hydrogens (primary N) is 2. The second kappa shape index (κ2) is 11.4. The lowest BCUT2D eigenvalue weighted by molar-refractivity contribution is -0.138. The largest absolute Gasteiger partial charge is 0.416 e. The van der Waals surface area contributed by atoms with Crippen LogP contribution in [0.15, 0.2) is 59.9 Å². The molecule has 0 spiro atoms. The van der Waals surface area contributed by atoms with E-state index in [0.717, 1.165) is 37.3 Å². The molecule has 5 N–H and O–H groups in total. The minimum atomic E-state index is -4.62. The van der Waals surface area contributed by atoms with E-state index in [1.54, 1.807) is 13.8 Å². The van der Waals surface area contributed by atoms with E-state index in [1.165, 1.54) is 26.0 Å². The molecule has 0 radical (unpaired) electrons. The lowest BCUT2D eigenvalue weighted by atomic mass is 9.98. The molecular weight excluding hydrogens is 638 g/mol. The molecule has 2 aliphatic heterocycles. The van der Waals surface area contributed by atoms with Crippen LogP contribution in [0.25, 0.3) is 9.81 Å². The Hall–Kier alpha value is -3.57. The molecule has 2 aromatic carbocycles. The lowest BCUT2D eigenvalue weighted by Crippen LogP contribution is -2.47. The third-order valence-electron chi connectivity index (χ3n) is 6.68. The molecule has 2 heterocycles. The molecule has 44 heavy (non-hydrogen) atoms. The maximum atomic E-state index is 12.8. The van der Waals surface area contributed by atoms with E-state index in [1.807, 2.05) is 0 Å². The van der Waals surface area contributed by atoms with Crippen LogP contribution in [0.3, 0.4) is 0 Å². The standard InChI is InChI=1S/C14H15F3N2O3S.C12H13F3N2O2S.CH4/c1-8(20)19-13(2,3)12(18)11(23(19,21)22)9-5-4-6-10(7-9)14(15,16)17;1-11(2)10(16)9(20(18,19)17-11)7-4-3-5-8(6-7)12(13,14)15;/h4-7H,18H2,1-3H3;3-6,17H,16H2,1-2H3;1H4. The zero-order chi connectivity index (χ0) is 33.1. The second-order valence-electron chi connectivity index (χ2n) is 10.7. The monoisotopic (exact) mass is 670 g/mol. The summed E-state index contributed by atoms with van der Waals surface area (Å²) in [4.78, 5) is 10.9. The number of rotatable bonds is 2. The maximum absolute atomic E-state index is 12.8. The molecule has 2 aliphatic rings. The summed E-state index contributed by atoms with van der Waals surface area (Å²) in [5.41, 5.74) is 6.91. The van der Waals surface area contributed by atoms with Crippen molar-refractivity contribution in [3.8, 4) is 0 Å². The van der Waals surface area contributed by atoms with Gasteiger partial charge in [-0.1, -0.05) is 31.7 Å². The van der Waals surface area contributed by atoms with E-state index in [0.29, 0.717) is 10.4 Å². The number of hydrogen-bond acceptors (Lipinski definition) is 7. The van der Waals surface area contributed by atoms with Crippen LogP contribution in [-0.4, -0.2) is 38.1 Å². The molecule has 0 aliphatic carbocycles. The highest BCUT2D eigenvalue weighted by atomic mass is 32.2. The smallest absolute Gasteiger partial charge is 0.399 e. The molecule has 244 valence electrons. The molecule has 9 nitrogen and oxygen atoms in total. The van der Waals surface area contributed by atoms with Crippen LogP contribution in [0.4, 0.5) is 26.3 Å². The van der Waals surface area contributed by atoms with Gasteiger partial charge < -0.3 is 11.5 Å². The van der Waals surface area contributed by atoms with Crippen LogP contribution >= 0.6 is 0 Å². The van der Waals surface area contributed by atoms with Crippen molar-refractivity contribution in [3.63, 3.8) is 0 Å². The fourth-order valence-corrected chi connectivity index (χ4v) is 8.68. The van der Waals surface area contributed by atoms with E-state index in [2.05, 4.69) is 4.72 Å². The predicted octanol–water partition coefficient (Wildman–Crippen LogP) is 4.98. The Kier molecular flexibility index (Phi) is 9.50.